The molecule has 0 atom stereocenters. The molecule has 0 aliphatic rings. The summed E-state index contributed by atoms with van der Waals surface area (Å²) in [7, 11) is 0. The van der Waals surface area contributed by atoms with Crippen LogP contribution in [0.25, 0.3) is 75.7 Å². The standard InChI is InChI=1S/C44H27N3OS/c1-4-15-28(16-5-1)39-43-40(33-23-12-13-26-37(33)49-43)46-44(45-39)35-27-29-17-10-11-22-32(29)42-38(35)34-24-14-25-36(41(34)48-42)47(30-18-6-2-7-19-30)31-20-8-3-9-21-31/h1-27H. The lowest BCUT2D eigenvalue weighted by Crippen LogP contribution is -2.09. The van der Waals surface area contributed by atoms with E-state index in [0.717, 1.165) is 82.2 Å². The molecule has 0 unspecified atom stereocenters. The summed E-state index contributed by atoms with van der Waals surface area (Å²) in [6.07, 6.45) is 0. The van der Waals surface area contributed by atoms with Gasteiger partial charge in [0.1, 0.15) is 5.58 Å². The van der Waals surface area contributed by atoms with E-state index in [-0.39, 0.29) is 0 Å². The van der Waals surface area contributed by atoms with Crippen molar-refractivity contribution in [1.29, 1.82) is 0 Å². The molecule has 0 N–H and O–H groups in total. The van der Waals surface area contributed by atoms with E-state index in [9.17, 15) is 0 Å². The van der Waals surface area contributed by atoms with E-state index in [4.69, 9.17) is 14.4 Å². The monoisotopic (exact) mass is 645 g/mol. The lowest BCUT2D eigenvalue weighted by atomic mass is 9.99. The minimum absolute atomic E-state index is 0.682. The van der Waals surface area contributed by atoms with Gasteiger partial charge in [-0.15, -0.1) is 11.3 Å². The summed E-state index contributed by atoms with van der Waals surface area (Å²) in [5.41, 5.74) is 8.64. The predicted octanol–water partition coefficient (Wildman–Crippen LogP) is 12.7. The van der Waals surface area contributed by atoms with E-state index in [2.05, 4.69) is 150 Å². The van der Waals surface area contributed by atoms with Gasteiger partial charge in [-0.3, -0.25) is 0 Å². The van der Waals surface area contributed by atoms with Crippen molar-refractivity contribution in [3.8, 4) is 22.6 Å². The second kappa shape index (κ2) is 11.2. The van der Waals surface area contributed by atoms with Crippen LogP contribution in [0.2, 0.25) is 0 Å². The van der Waals surface area contributed by atoms with Crippen molar-refractivity contribution < 1.29 is 4.42 Å². The Hall–Kier alpha value is -6.30. The SMILES string of the molecule is c1ccc(-c2nc(-c3cc4ccccc4c4oc5c(N(c6ccccc6)c6ccccc6)cccc5c34)nc3c2sc2ccccc23)cc1. The smallest absolute Gasteiger partial charge is 0.161 e. The number of nitrogens with zero attached hydrogens (tertiary/aromatic N) is 3. The molecule has 0 aliphatic heterocycles. The molecule has 0 radical (unpaired) electrons. The van der Waals surface area contributed by atoms with E-state index in [1.807, 2.05) is 18.2 Å². The van der Waals surface area contributed by atoms with Gasteiger partial charge in [-0.05, 0) is 47.9 Å². The Morgan fingerprint density at radius 1 is 0.531 bits per heavy atom. The number of anilines is 3. The average molecular weight is 646 g/mol. The maximum absolute atomic E-state index is 7.05. The summed E-state index contributed by atoms with van der Waals surface area (Å²) in [6.45, 7) is 0. The second-order valence-electron chi connectivity index (χ2n) is 12.1. The number of fused-ring (bicyclic) bond motifs is 8. The maximum Gasteiger partial charge on any atom is 0.161 e. The fourth-order valence-electron chi connectivity index (χ4n) is 7.06. The first-order chi connectivity index (χ1) is 24.3. The molecule has 0 saturated carbocycles. The average Bonchev–Trinajstić information content (AvgIpc) is 3.75. The quantitative estimate of drug-likeness (QED) is 0.187. The zero-order valence-electron chi connectivity index (χ0n) is 26.2. The summed E-state index contributed by atoms with van der Waals surface area (Å²) in [6, 6.07) is 56.9. The van der Waals surface area contributed by atoms with E-state index in [0.29, 0.717) is 5.82 Å². The Bertz CT molecular complexity index is 2790. The number of benzene rings is 7. The number of rotatable bonds is 5. The summed E-state index contributed by atoms with van der Waals surface area (Å²) in [5.74, 6) is 0.682. The van der Waals surface area contributed by atoms with Crippen LogP contribution in [0.1, 0.15) is 0 Å². The molecule has 4 nitrogen and oxygen atoms in total. The third-order valence-electron chi connectivity index (χ3n) is 9.25. The topological polar surface area (TPSA) is 42.2 Å². The fourth-order valence-corrected chi connectivity index (χ4v) is 8.21. The molecule has 5 heteroatoms. The molecule has 10 rings (SSSR count). The zero-order chi connectivity index (χ0) is 32.3. The molecule has 3 aromatic heterocycles. The number of para-hydroxylation sites is 3. The third kappa shape index (κ3) is 4.44. The van der Waals surface area contributed by atoms with Gasteiger partial charge < -0.3 is 9.32 Å². The van der Waals surface area contributed by atoms with Crippen LogP contribution in [0.4, 0.5) is 17.1 Å². The predicted molar refractivity (Wildman–Crippen MR) is 205 cm³/mol. The molecule has 0 spiro atoms. The highest BCUT2D eigenvalue weighted by atomic mass is 32.1. The summed E-state index contributed by atoms with van der Waals surface area (Å²) < 4.78 is 9.34. The second-order valence-corrected chi connectivity index (χ2v) is 13.2. The summed E-state index contributed by atoms with van der Waals surface area (Å²) >= 11 is 1.75. The molecule has 3 heterocycles. The maximum atomic E-state index is 7.05. The van der Waals surface area contributed by atoms with Gasteiger partial charge in [0.25, 0.3) is 0 Å². The van der Waals surface area contributed by atoms with Crippen molar-refractivity contribution in [2.75, 3.05) is 4.90 Å². The number of thiophene rings is 1. The van der Waals surface area contributed by atoms with Crippen molar-refractivity contribution in [2.45, 2.75) is 0 Å². The van der Waals surface area contributed by atoms with Crippen molar-refractivity contribution in [3.05, 3.63) is 164 Å². The molecule has 0 amide bonds. The van der Waals surface area contributed by atoms with Gasteiger partial charge in [0.05, 0.1) is 21.6 Å². The van der Waals surface area contributed by atoms with Crippen LogP contribution in [-0.4, -0.2) is 9.97 Å². The zero-order valence-corrected chi connectivity index (χ0v) is 27.1. The summed E-state index contributed by atoms with van der Waals surface area (Å²) in [4.78, 5) is 13.0. The van der Waals surface area contributed by atoms with Crippen LogP contribution >= 0.6 is 11.3 Å². The Labute approximate surface area is 286 Å². The first-order valence-electron chi connectivity index (χ1n) is 16.3. The normalized spacial score (nSPS) is 11.7. The molecule has 230 valence electrons. The van der Waals surface area contributed by atoms with Crippen molar-refractivity contribution >= 4 is 81.4 Å². The lowest BCUT2D eigenvalue weighted by Gasteiger charge is -2.25. The van der Waals surface area contributed by atoms with Crippen molar-refractivity contribution in [2.24, 2.45) is 0 Å². The van der Waals surface area contributed by atoms with Crippen LogP contribution in [0.15, 0.2) is 168 Å². The highest BCUT2D eigenvalue weighted by molar-refractivity contribution is 7.26. The van der Waals surface area contributed by atoms with Crippen LogP contribution in [0.5, 0.6) is 0 Å². The highest BCUT2D eigenvalue weighted by Gasteiger charge is 2.24. The minimum Gasteiger partial charge on any atom is -0.453 e. The van der Waals surface area contributed by atoms with Gasteiger partial charge in [-0.1, -0.05) is 121 Å². The first-order valence-corrected chi connectivity index (χ1v) is 17.2. The Balaban J connectivity index is 1.32. The van der Waals surface area contributed by atoms with Crippen molar-refractivity contribution in [1.82, 2.24) is 9.97 Å². The van der Waals surface area contributed by atoms with Gasteiger partial charge in [0.15, 0.2) is 11.4 Å². The molecule has 49 heavy (non-hydrogen) atoms. The van der Waals surface area contributed by atoms with Gasteiger partial charge >= 0.3 is 0 Å². The lowest BCUT2D eigenvalue weighted by molar-refractivity contribution is 0.673. The number of hydrogen-bond acceptors (Lipinski definition) is 5. The molecule has 0 bridgehead atoms. The van der Waals surface area contributed by atoms with Crippen molar-refractivity contribution in [3.63, 3.8) is 0 Å². The fraction of sp³-hybridized carbons (Fsp3) is 0. The van der Waals surface area contributed by atoms with E-state index in [1.165, 1.54) is 4.70 Å². The van der Waals surface area contributed by atoms with E-state index < -0.39 is 0 Å². The van der Waals surface area contributed by atoms with E-state index >= 15 is 0 Å². The summed E-state index contributed by atoms with van der Waals surface area (Å²) in [5, 5.41) is 5.30. The Morgan fingerprint density at radius 2 is 1.16 bits per heavy atom. The molecule has 0 aliphatic carbocycles. The Kier molecular flexibility index (Phi) is 6.32. The molecule has 0 saturated heterocycles. The number of aromatic nitrogens is 2. The molecular weight excluding hydrogens is 619 g/mol. The van der Waals surface area contributed by atoms with Crippen LogP contribution < -0.4 is 4.90 Å². The highest BCUT2D eigenvalue weighted by Crippen LogP contribution is 2.47. The molecular formula is C44H27N3OS. The van der Waals surface area contributed by atoms with Gasteiger partial charge in [0, 0.05) is 48.7 Å². The van der Waals surface area contributed by atoms with Crippen LogP contribution in [-0.2, 0) is 0 Å². The third-order valence-corrected chi connectivity index (χ3v) is 10.4. The first kappa shape index (κ1) is 27.8. The van der Waals surface area contributed by atoms with Gasteiger partial charge in [-0.2, -0.15) is 0 Å². The van der Waals surface area contributed by atoms with Crippen LogP contribution in [0, 0.1) is 0 Å². The Morgan fingerprint density at radius 3 is 1.92 bits per heavy atom. The minimum atomic E-state index is 0.682. The van der Waals surface area contributed by atoms with Gasteiger partial charge in [-0.25, -0.2) is 9.97 Å². The van der Waals surface area contributed by atoms with E-state index in [1.54, 1.807) is 11.3 Å². The number of hydrogen-bond donors (Lipinski definition) is 0. The molecule has 10 aromatic rings. The largest absolute Gasteiger partial charge is 0.453 e. The molecule has 0 fully saturated rings. The number of furan rings is 1. The van der Waals surface area contributed by atoms with Gasteiger partial charge in [0.2, 0.25) is 0 Å². The molecule has 7 aromatic carbocycles. The van der Waals surface area contributed by atoms with Crippen LogP contribution in [0.3, 0.4) is 0 Å².